The lowest BCUT2D eigenvalue weighted by molar-refractivity contribution is -0.929. The van der Waals surface area contributed by atoms with Crippen LogP contribution in [-0.2, 0) is 28.6 Å². The van der Waals surface area contributed by atoms with Gasteiger partial charge >= 0.3 is 0 Å². The minimum Gasteiger partial charge on any atom is -0.391 e. The first-order valence-electron chi connectivity index (χ1n) is 14.5. The number of aliphatic hydroxyl groups excluding tert-OH is 3. The van der Waals surface area contributed by atoms with Crippen LogP contribution in [0.25, 0.3) is 0 Å². The molecule has 1 unspecified atom stereocenters. The van der Waals surface area contributed by atoms with E-state index in [4.69, 9.17) is 23.7 Å². The summed E-state index contributed by atoms with van der Waals surface area (Å²) in [7, 11) is -7.92. The summed E-state index contributed by atoms with van der Waals surface area (Å²) < 4.78 is 58.3. The van der Waals surface area contributed by atoms with Gasteiger partial charge in [0, 0.05) is 0 Å². The van der Waals surface area contributed by atoms with Gasteiger partial charge in [0.25, 0.3) is 20.2 Å². The number of aliphatic hydroxyl groups is 3. The summed E-state index contributed by atoms with van der Waals surface area (Å²) in [4.78, 5) is -0.00381. The van der Waals surface area contributed by atoms with Crippen LogP contribution in [0.4, 0.5) is 0 Å². The molecule has 42 heavy (non-hydrogen) atoms. The van der Waals surface area contributed by atoms with Crippen molar-refractivity contribution in [2.45, 2.75) is 76.7 Å². The van der Waals surface area contributed by atoms with Crippen molar-refractivity contribution in [3.05, 3.63) is 60.7 Å². The van der Waals surface area contributed by atoms with E-state index in [2.05, 4.69) is 34.6 Å². The van der Waals surface area contributed by atoms with E-state index in [1.165, 1.54) is 44.0 Å². The van der Waals surface area contributed by atoms with Crippen molar-refractivity contribution >= 4 is 20.2 Å². The molecule has 2 aromatic rings. The van der Waals surface area contributed by atoms with Crippen LogP contribution in [0.3, 0.4) is 0 Å². The van der Waals surface area contributed by atoms with Gasteiger partial charge in [0.1, 0.15) is 19.6 Å². The van der Waals surface area contributed by atoms with Gasteiger partial charge in [-0.2, -0.15) is 16.8 Å². The van der Waals surface area contributed by atoms with Crippen molar-refractivity contribution in [3.63, 3.8) is 0 Å². The SMILES string of the molecule is CC(COS(=O)(=O)c1ccccc1)OS(=O)(=O)c1ccccc1.CCC.CCC.CCC[N+](CCO)(CCO)CCO. The third kappa shape index (κ3) is 18.6. The first-order valence-corrected chi connectivity index (χ1v) is 17.3. The number of hydrogen-bond donors (Lipinski definition) is 3. The van der Waals surface area contributed by atoms with E-state index in [9.17, 15) is 16.8 Å². The summed E-state index contributed by atoms with van der Waals surface area (Å²) in [6, 6.07) is 15.2. The van der Waals surface area contributed by atoms with Crippen LogP contribution in [0.2, 0.25) is 0 Å². The zero-order valence-corrected chi connectivity index (χ0v) is 27.8. The van der Waals surface area contributed by atoms with E-state index in [1.807, 2.05) is 0 Å². The largest absolute Gasteiger partial charge is 0.391 e. The molecule has 0 aromatic heterocycles. The normalized spacial score (nSPS) is 12.0. The van der Waals surface area contributed by atoms with Gasteiger partial charge < -0.3 is 19.8 Å². The monoisotopic (exact) mass is 636 g/mol. The van der Waals surface area contributed by atoms with Gasteiger partial charge in [-0.05, 0) is 37.6 Å². The van der Waals surface area contributed by atoms with Crippen molar-refractivity contribution in [2.24, 2.45) is 0 Å². The highest BCUT2D eigenvalue weighted by Crippen LogP contribution is 2.16. The molecule has 0 amide bonds. The molecule has 0 aliphatic heterocycles. The predicted molar refractivity (Wildman–Crippen MR) is 167 cm³/mol. The average Bonchev–Trinajstić information content (AvgIpc) is 2.95. The highest BCUT2D eigenvalue weighted by atomic mass is 32.2. The Hall–Kier alpha value is -1.90. The summed E-state index contributed by atoms with van der Waals surface area (Å²) >= 11 is 0. The lowest BCUT2D eigenvalue weighted by Crippen LogP contribution is -2.53. The minimum absolute atomic E-state index is 0.00174. The fourth-order valence-corrected chi connectivity index (χ4v) is 5.60. The predicted octanol–water partition coefficient (Wildman–Crippen LogP) is 4.21. The molecular formula is C30H54NO9S2+. The molecule has 0 spiro atoms. The maximum absolute atomic E-state index is 12.0. The third-order valence-electron chi connectivity index (χ3n) is 5.23. The molecule has 12 heteroatoms. The lowest BCUT2D eigenvalue weighted by Gasteiger charge is -2.37. The van der Waals surface area contributed by atoms with Crippen LogP contribution < -0.4 is 0 Å². The van der Waals surface area contributed by atoms with Gasteiger partial charge in [0.2, 0.25) is 0 Å². The molecule has 0 bridgehead atoms. The summed E-state index contributed by atoms with van der Waals surface area (Å²) in [6.07, 6.45) is 2.54. The number of hydrogen-bond acceptors (Lipinski definition) is 9. The first-order chi connectivity index (χ1) is 19.9. The second kappa shape index (κ2) is 24.5. The van der Waals surface area contributed by atoms with Gasteiger partial charge in [0.05, 0.1) is 48.9 Å². The summed E-state index contributed by atoms with van der Waals surface area (Å²) in [5, 5.41) is 26.7. The molecular weight excluding hydrogens is 582 g/mol. The number of rotatable bonds is 15. The third-order valence-corrected chi connectivity index (χ3v) is 7.96. The number of benzene rings is 2. The zero-order valence-electron chi connectivity index (χ0n) is 26.2. The number of nitrogens with zero attached hydrogens (tertiary/aromatic N) is 1. The molecule has 0 aliphatic carbocycles. The summed E-state index contributed by atoms with van der Waals surface area (Å²) in [6.45, 7) is 14.7. The minimum atomic E-state index is -3.97. The molecule has 0 radical (unpaired) electrons. The van der Waals surface area contributed by atoms with Gasteiger partial charge in [-0.1, -0.05) is 83.9 Å². The lowest BCUT2D eigenvalue weighted by atomic mass is 10.3. The maximum Gasteiger partial charge on any atom is 0.297 e. The van der Waals surface area contributed by atoms with Crippen molar-refractivity contribution in [2.75, 3.05) is 52.6 Å². The molecule has 10 nitrogen and oxygen atoms in total. The zero-order chi connectivity index (χ0) is 32.5. The van der Waals surface area contributed by atoms with Crippen molar-refractivity contribution in [1.29, 1.82) is 0 Å². The van der Waals surface area contributed by atoms with E-state index in [1.54, 1.807) is 36.4 Å². The van der Waals surface area contributed by atoms with Crippen molar-refractivity contribution in [1.82, 2.24) is 0 Å². The average molecular weight is 637 g/mol. The van der Waals surface area contributed by atoms with E-state index in [0.717, 1.165) is 13.0 Å². The van der Waals surface area contributed by atoms with Crippen LogP contribution in [0.5, 0.6) is 0 Å². The van der Waals surface area contributed by atoms with Gasteiger partial charge in [0.15, 0.2) is 0 Å². The smallest absolute Gasteiger partial charge is 0.297 e. The van der Waals surface area contributed by atoms with E-state index >= 15 is 0 Å². The van der Waals surface area contributed by atoms with Crippen molar-refractivity contribution in [3.8, 4) is 0 Å². The second-order valence-electron chi connectivity index (χ2n) is 9.55. The molecule has 2 rings (SSSR count). The van der Waals surface area contributed by atoms with E-state index < -0.39 is 32.9 Å². The fourth-order valence-electron chi connectivity index (χ4n) is 3.51. The Labute approximate surface area is 254 Å². The standard InChI is InChI=1S/C15H16O6S2.C9H22NO3.2C3H8/c1-13(21-23(18,19)15-10-6-3-7-11-15)12-20-22(16,17)14-8-4-2-5-9-14;1-2-3-10(4-7-11,5-8-12)6-9-13;2*1-3-2/h2-11,13H,12H2,1H3;11-13H,2-9H2,1H3;2*3H2,1-2H3/q;+1;;. The Morgan fingerprint density at radius 1 is 0.643 bits per heavy atom. The first kappa shape index (κ1) is 42.2. The van der Waals surface area contributed by atoms with Crippen molar-refractivity contribution < 1.29 is 45.0 Å². The highest BCUT2D eigenvalue weighted by Gasteiger charge is 2.24. The fraction of sp³-hybridized carbons (Fsp3) is 0.600. The van der Waals surface area contributed by atoms with Crippen LogP contribution in [-0.4, -0.2) is 95.3 Å². The van der Waals surface area contributed by atoms with Gasteiger partial charge in [-0.15, -0.1) is 0 Å². The highest BCUT2D eigenvalue weighted by molar-refractivity contribution is 7.87. The number of quaternary nitrogens is 1. The Morgan fingerprint density at radius 3 is 1.33 bits per heavy atom. The molecule has 0 fully saturated rings. The summed E-state index contributed by atoms with van der Waals surface area (Å²) in [5.41, 5.74) is 0. The molecule has 3 N–H and O–H groups in total. The molecule has 244 valence electrons. The summed E-state index contributed by atoms with van der Waals surface area (Å²) in [5.74, 6) is 0. The second-order valence-corrected chi connectivity index (χ2v) is 12.7. The molecule has 1 atom stereocenters. The maximum atomic E-state index is 12.0. The van der Waals surface area contributed by atoms with E-state index in [0.29, 0.717) is 24.1 Å². The van der Waals surface area contributed by atoms with Crippen LogP contribution in [0.1, 0.15) is 60.8 Å². The molecule has 0 saturated heterocycles. The van der Waals surface area contributed by atoms with Crippen LogP contribution >= 0.6 is 0 Å². The van der Waals surface area contributed by atoms with Crippen LogP contribution in [0.15, 0.2) is 70.5 Å². The van der Waals surface area contributed by atoms with Gasteiger partial charge in [-0.3, -0.25) is 8.37 Å². The Balaban J connectivity index is 0. The van der Waals surface area contributed by atoms with Crippen LogP contribution in [0, 0.1) is 0 Å². The molecule has 0 heterocycles. The molecule has 0 aliphatic rings. The topological polar surface area (TPSA) is 147 Å². The quantitative estimate of drug-likeness (QED) is 0.193. The Kier molecular flexibility index (Phi) is 24.7. The van der Waals surface area contributed by atoms with Gasteiger partial charge in [-0.25, -0.2) is 0 Å². The molecule has 0 saturated carbocycles. The Morgan fingerprint density at radius 2 is 1.00 bits per heavy atom. The Bertz CT molecular complexity index is 1070. The van der Waals surface area contributed by atoms with E-state index in [-0.39, 0.29) is 29.6 Å². The molecule has 2 aromatic carbocycles.